The molecule has 0 radical (unpaired) electrons. The molecule has 1 rings (SSSR count). The Hall–Kier alpha value is -1.53. The fourth-order valence-electron chi connectivity index (χ4n) is 1.66. The number of thioether (sulfide) groups is 1. The molecule has 0 bridgehead atoms. The minimum absolute atomic E-state index is 0.135. The third kappa shape index (κ3) is 5.63. The van der Waals surface area contributed by atoms with Crippen LogP contribution in [0.5, 0.6) is 0 Å². The molecule has 0 aliphatic rings. The van der Waals surface area contributed by atoms with Crippen LogP contribution in [0.25, 0.3) is 0 Å². The Morgan fingerprint density at radius 3 is 2.50 bits per heavy atom. The number of carbonyl (C=O) groups is 2. The second-order valence-corrected chi connectivity index (χ2v) is 5.16. The van der Waals surface area contributed by atoms with Crippen molar-refractivity contribution in [1.29, 1.82) is 0 Å². The van der Waals surface area contributed by atoms with E-state index in [1.807, 2.05) is 18.4 Å². The number of hydrogen-bond donors (Lipinski definition) is 2. The van der Waals surface area contributed by atoms with Gasteiger partial charge in [-0.3, -0.25) is 9.59 Å². The number of carboxylic acids is 1. The normalized spacial score (nSPS) is 11.9. The fraction of sp³-hybridized carbons (Fsp3) is 0.429. The van der Waals surface area contributed by atoms with Gasteiger partial charge in [0.2, 0.25) is 0 Å². The van der Waals surface area contributed by atoms with E-state index in [1.165, 1.54) is 7.11 Å². The lowest BCUT2D eigenvalue weighted by Crippen LogP contribution is -2.34. The number of ether oxygens (including phenoxy) is 1. The Kier molecular flexibility index (Phi) is 7.11. The molecule has 1 amide bonds. The minimum Gasteiger partial charge on any atom is -0.481 e. The first-order chi connectivity index (χ1) is 9.56. The highest BCUT2D eigenvalue weighted by atomic mass is 32.2. The summed E-state index contributed by atoms with van der Waals surface area (Å²) in [5.74, 6) is -0.271. The Morgan fingerprint density at radius 1 is 1.35 bits per heavy atom. The number of amides is 1. The van der Waals surface area contributed by atoms with Crippen molar-refractivity contribution in [3.63, 3.8) is 0 Å². The lowest BCUT2D eigenvalue weighted by molar-refractivity contribution is -0.139. The molecule has 110 valence electrons. The summed E-state index contributed by atoms with van der Waals surface area (Å²) in [4.78, 5) is 22.5. The van der Waals surface area contributed by atoms with Crippen molar-refractivity contribution in [2.45, 2.75) is 18.3 Å². The molecule has 5 nitrogen and oxygen atoms in total. The van der Waals surface area contributed by atoms with Crippen LogP contribution in [-0.2, 0) is 15.3 Å². The maximum Gasteiger partial charge on any atom is 0.306 e. The van der Waals surface area contributed by atoms with Gasteiger partial charge in [0.05, 0.1) is 12.5 Å². The van der Waals surface area contributed by atoms with Crippen LogP contribution in [0.4, 0.5) is 0 Å². The van der Waals surface area contributed by atoms with E-state index < -0.39 is 12.1 Å². The molecule has 0 saturated carbocycles. The van der Waals surface area contributed by atoms with Gasteiger partial charge in [-0.1, -0.05) is 12.1 Å². The van der Waals surface area contributed by atoms with Gasteiger partial charge in [0.25, 0.3) is 5.91 Å². The van der Waals surface area contributed by atoms with Gasteiger partial charge in [-0.25, -0.2) is 0 Å². The monoisotopic (exact) mass is 297 g/mol. The lowest BCUT2D eigenvalue weighted by Gasteiger charge is -2.14. The average Bonchev–Trinajstić information content (AvgIpc) is 2.44. The summed E-state index contributed by atoms with van der Waals surface area (Å²) in [5.41, 5.74) is 1.72. The minimum atomic E-state index is -0.951. The Morgan fingerprint density at radius 2 is 2.00 bits per heavy atom. The Labute approximate surface area is 122 Å². The van der Waals surface area contributed by atoms with Crippen LogP contribution in [0, 0.1) is 0 Å². The van der Waals surface area contributed by atoms with E-state index in [4.69, 9.17) is 9.84 Å². The lowest BCUT2D eigenvalue weighted by atomic mass is 10.1. The first-order valence-electron chi connectivity index (χ1n) is 6.17. The number of aliphatic carboxylic acids is 1. The van der Waals surface area contributed by atoms with Gasteiger partial charge in [-0.15, -0.1) is 0 Å². The molecule has 0 heterocycles. The molecule has 1 atom stereocenters. The van der Waals surface area contributed by atoms with Crippen molar-refractivity contribution in [3.8, 4) is 0 Å². The van der Waals surface area contributed by atoms with Crippen LogP contribution < -0.4 is 5.32 Å². The van der Waals surface area contributed by atoms with E-state index in [-0.39, 0.29) is 18.9 Å². The standard InChI is InChI=1S/C14H19NO4S/c1-19-12(7-13(16)17)8-15-14(18)11-5-3-10(4-6-11)9-20-2/h3-6,12H,7-9H2,1-2H3,(H,15,18)(H,16,17). The molecule has 6 heteroatoms. The first kappa shape index (κ1) is 16.5. The summed E-state index contributed by atoms with van der Waals surface area (Å²) >= 11 is 1.72. The smallest absolute Gasteiger partial charge is 0.306 e. The molecule has 0 saturated heterocycles. The SMILES string of the molecule is COC(CNC(=O)c1ccc(CSC)cc1)CC(=O)O. The number of carbonyl (C=O) groups excluding carboxylic acids is 1. The second-order valence-electron chi connectivity index (χ2n) is 4.30. The zero-order valence-corrected chi connectivity index (χ0v) is 12.4. The number of nitrogens with one attached hydrogen (secondary N) is 1. The molecular formula is C14H19NO4S. The summed E-state index contributed by atoms with van der Waals surface area (Å²) in [6.07, 6.45) is 1.37. The molecule has 1 aromatic rings. The number of methoxy groups -OCH3 is 1. The predicted molar refractivity (Wildman–Crippen MR) is 79.0 cm³/mol. The molecule has 20 heavy (non-hydrogen) atoms. The molecule has 0 spiro atoms. The van der Waals surface area contributed by atoms with E-state index >= 15 is 0 Å². The van der Waals surface area contributed by atoms with E-state index in [1.54, 1.807) is 23.9 Å². The molecule has 0 aromatic heterocycles. The topological polar surface area (TPSA) is 75.6 Å². The van der Waals surface area contributed by atoms with E-state index in [2.05, 4.69) is 5.32 Å². The van der Waals surface area contributed by atoms with Gasteiger partial charge in [0.15, 0.2) is 0 Å². The first-order valence-corrected chi connectivity index (χ1v) is 7.57. The van der Waals surface area contributed by atoms with Crippen LogP contribution in [-0.4, -0.2) is 43.0 Å². The maximum atomic E-state index is 11.9. The third-order valence-electron chi connectivity index (χ3n) is 2.75. The summed E-state index contributed by atoms with van der Waals surface area (Å²) in [6, 6.07) is 7.35. The van der Waals surface area contributed by atoms with Crippen molar-refractivity contribution < 1.29 is 19.4 Å². The number of hydrogen-bond acceptors (Lipinski definition) is 4. The summed E-state index contributed by atoms with van der Waals surface area (Å²) in [6.45, 7) is 0.175. The third-order valence-corrected chi connectivity index (χ3v) is 3.38. The highest BCUT2D eigenvalue weighted by Gasteiger charge is 2.14. The fourth-order valence-corrected chi connectivity index (χ4v) is 2.19. The van der Waals surface area contributed by atoms with Gasteiger partial charge in [0, 0.05) is 25.0 Å². The zero-order chi connectivity index (χ0) is 15.0. The van der Waals surface area contributed by atoms with Crippen molar-refractivity contribution >= 4 is 23.6 Å². The van der Waals surface area contributed by atoms with Gasteiger partial charge in [-0.2, -0.15) is 11.8 Å². The molecule has 0 aliphatic heterocycles. The van der Waals surface area contributed by atoms with Gasteiger partial charge >= 0.3 is 5.97 Å². The van der Waals surface area contributed by atoms with Crippen molar-refractivity contribution in [2.24, 2.45) is 0 Å². The van der Waals surface area contributed by atoms with Crippen molar-refractivity contribution in [3.05, 3.63) is 35.4 Å². The Bertz CT molecular complexity index is 447. The van der Waals surface area contributed by atoms with Crippen molar-refractivity contribution in [1.82, 2.24) is 5.32 Å². The van der Waals surface area contributed by atoms with E-state index in [9.17, 15) is 9.59 Å². The van der Waals surface area contributed by atoms with Crippen LogP contribution in [0.1, 0.15) is 22.3 Å². The molecule has 1 aromatic carbocycles. The van der Waals surface area contributed by atoms with Crippen LogP contribution in [0.3, 0.4) is 0 Å². The maximum absolute atomic E-state index is 11.9. The molecular weight excluding hydrogens is 278 g/mol. The molecule has 0 fully saturated rings. The highest BCUT2D eigenvalue weighted by molar-refractivity contribution is 7.97. The largest absolute Gasteiger partial charge is 0.481 e. The Balaban J connectivity index is 2.51. The molecule has 0 aliphatic carbocycles. The summed E-state index contributed by atoms with van der Waals surface area (Å²) in [7, 11) is 1.43. The highest BCUT2D eigenvalue weighted by Crippen LogP contribution is 2.10. The van der Waals surface area contributed by atoms with E-state index in [0.717, 1.165) is 11.3 Å². The quantitative estimate of drug-likeness (QED) is 0.765. The van der Waals surface area contributed by atoms with Gasteiger partial charge in [0.1, 0.15) is 0 Å². The van der Waals surface area contributed by atoms with Crippen LogP contribution in [0.2, 0.25) is 0 Å². The second kappa shape index (κ2) is 8.60. The predicted octanol–water partition coefficient (Wildman–Crippen LogP) is 1.77. The van der Waals surface area contributed by atoms with E-state index in [0.29, 0.717) is 5.56 Å². The number of carboxylic acid groups (broad SMARTS) is 1. The molecule has 1 unspecified atom stereocenters. The van der Waals surface area contributed by atoms with Crippen LogP contribution >= 0.6 is 11.8 Å². The zero-order valence-electron chi connectivity index (χ0n) is 11.6. The molecule has 2 N–H and O–H groups in total. The van der Waals surface area contributed by atoms with Crippen LogP contribution in [0.15, 0.2) is 24.3 Å². The summed E-state index contributed by atoms with van der Waals surface area (Å²) in [5, 5.41) is 11.4. The number of rotatable bonds is 8. The average molecular weight is 297 g/mol. The van der Waals surface area contributed by atoms with Gasteiger partial charge < -0.3 is 15.2 Å². The van der Waals surface area contributed by atoms with Crippen molar-refractivity contribution in [2.75, 3.05) is 19.9 Å². The van der Waals surface area contributed by atoms with Gasteiger partial charge in [-0.05, 0) is 24.0 Å². The number of benzene rings is 1. The summed E-state index contributed by atoms with van der Waals surface area (Å²) < 4.78 is 5.00.